The monoisotopic (exact) mass is 282 g/mol. The number of rotatable bonds is 4. The molecule has 2 aromatic rings. The average Bonchev–Trinajstić information content (AvgIpc) is 2.41. The fraction of sp³-hybridized carbons (Fsp3) is 0.222. The van der Waals surface area contributed by atoms with Crippen molar-refractivity contribution >= 4 is 11.3 Å². The zero-order valence-corrected chi connectivity index (χ0v) is 12.9. The minimum absolute atomic E-state index is 0.584. The molecule has 0 amide bonds. The van der Waals surface area contributed by atoms with Crippen LogP contribution in [0.2, 0.25) is 0 Å². The van der Waals surface area contributed by atoms with Crippen LogP contribution in [0.4, 0.5) is 5.69 Å². The molecule has 0 aliphatic rings. The lowest BCUT2D eigenvalue weighted by Crippen LogP contribution is -1.95. The first kappa shape index (κ1) is 15.0. The summed E-state index contributed by atoms with van der Waals surface area (Å²) in [6.45, 7) is 9.93. The predicted octanol–water partition coefficient (Wildman–Crippen LogP) is 5.17. The van der Waals surface area contributed by atoms with E-state index in [1.165, 1.54) is 12.6 Å². The van der Waals surface area contributed by atoms with Crippen LogP contribution in [0.3, 0.4) is 0 Å². The van der Waals surface area contributed by atoms with Crippen molar-refractivity contribution in [2.75, 3.05) is 7.05 Å². The third kappa shape index (κ3) is 3.37. The Kier molecular flexibility index (Phi) is 4.22. The first-order chi connectivity index (χ1) is 9.88. The molecule has 0 spiro atoms. The maximum atomic E-state index is 11.4. The molecule has 0 heterocycles. The van der Waals surface area contributed by atoms with E-state index >= 15 is 0 Å². The van der Waals surface area contributed by atoms with Gasteiger partial charge in [-0.1, -0.05) is 24.3 Å². The second-order valence-corrected chi connectivity index (χ2v) is 5.33. The van der Waals surface area contributed by atoms with Gasteiger partial charge in [-0.3, -0.25) is 0 Å². The molecule has 0 saturated heterocycles. The highest BCUT2D eigenvalue weighted by molar-refractivity contribution is 5.70. The van der Waals surface area contributed by atoms with Gasteiger partial charge in [-0.2, -0.15) is 0 Å². The minimum Gasteiger partial charge on any atom is -0.456 e. The van der Waals surface area contributed by atoms with Crippen molar-refractivity contribution in [3.05, 3.63) is 64.6 Å². The topological polar surface area (TPSA) is 29.3 Å². The van der Waals surface area contributed by atoms with E-state index in [1.54, 1.807) is 12.1 Å². The van der Waals surface area contributed by atoms with Crippen molar-refractivity contribution in [2.24, 2.45) is 0 Å². The Hall–Kier alpha value is -2.42. The highest BCUT2D eigenvalue weighted by atomic mass is 16.5. The van der Waals surface area contributed by atoms with Crippen molar-refractivity contribution in [1.29, 1.82) is 0 Å². The van der Waals surface area contributed by atoms with Gasteiger partial charge in [0.15, 0.2) is 7.05 Å². The quantitative estimate of drug-likeness (QED) is 0.724. The molecule has 0 radical (unpaired) electrons. The summed E-state index contributed by atoms with van der Waals surface area (Å²) in [6, 6.07) is 11.4. The zero-order chi connectivity index (χ0) is 15.6. The Morgan fingerprint density at radius 3 is 2.33 bits per heavy atom. The SMILES string of the molecule is C=C(C)c1cc([N+](C)=O)ccc1Oc1ccc(C)cc1C. The first-order valence-corrected chi connectivity index (χ1v) is 6.84. The van der Waals surface area contributed by atoms with Gasteiger partial charge in [-0.25, -0.2) is 0 Å². The van der Waals surface area contributed by atoms with Crippen LogP contribution < -0.4 is 4.74 Å². The predicted molar refractivity (Wildman–Crippen MR) is 86.4 cm³/mol. The van der Waals surface area contributed by atoms with Gasteiger partial charge in [0.05, 0.1) is 0 Å². The standard InChI is InChI=1S/C18H20NO2/c1-12(2)16-11-15(19(5)20)7-9-18(16)21-17-8-6-13(3)10-14(17)4/h6-11H,1H2,2-5H3/q+1. The molecule has 2 rings (SSSR count). The summed E-state index contributed by atoms with van der Waals surface area (Å²) >= 11 is 0. The highest BCUT2D eigenvalue weighted by Crippen LogP contribution is 2.33. The molecule has 0 aromatic heterocycles. The number of hydrogen-bond acceptors (Lipinski definition) is 2. The Labute approximate surface area is 125 Å². The van der Waals surface area contributed by atoms with Crippen molar-refractivity contribution in [3.63, 3.8) is 0 Å². The summed E-state index contributed by atoms with van der Waals surface area (Å²) in [5.74, 6) is 1.52. The van der Waals surface area contributed by atoms with E-state index in [0.29, 0.717) is 11.4 Å². The van der Waals surface area contributed by atoms with Crippen molar-refractivity contribution < 1.29 is 9.50 Å². The van der Waals surface area contributed by atoms with E-state index in [2.05, 4.69) is 19.6 Å². The lowest BCUT2D eigenvalue weighted by Gasteiger charge is -2.13. The normalized spacial score (nSPS) is 10.3. The van der Waals surface area contributed by atoms with Gasteiger partial charge in [-0.15, -0.1) is 0 Å². The fourth-order valence-corrected chi connectivity index (χ4v) is 2.17. The van der Waals surface area contributed by atoms with Crippen LogP contribution >= 0.6 is 0 Å². The molecule has 21 heavy (non-hydrogen) atoms. The molecule has 0 saturated carbocycles. The third-order valence-corrected chi connectivity index (χ3v) is 3.34. The molecule has 0 atom stereocenters. The first-order valence-electron chi connectivity index (χ1n) is 6.84. The number of nitroso groups, excluding NO2 is 1. The number of aryl methyl sites for hydroxylation is 2. The van der Waals surface area contributed by atoms with E-state index in [1.807, 2.05) is 32.0 Å². The lowest BCUT2D eigenvalue weighted by atomic mass is 10.1. The number of ether oxygens (including phenoxy) is 1. The van der Waals surface area contributed by atoms with Crippen molar-refractivity contribution in [3.8, 4) is 11.5 Å². The van der Waals surface area contributed by atoms with Gasteiger partial charge in [0.1, 0.15) is 11.5 Å². The Morgan fingerprint density at radius 2 is 1.76 bits per heavy atom. The van der Waals surface area contributed by atoms with Crippen LogP contribution in [0.1, 0.15) is 23.6 Å². The fourth-order valence-electron chi connectivity index (χ4n) is 2.17. The summed E-state index contributed by atoms with van der Waals surface area (Å²) in [7, 11) is 1.47. The summed E-state index contributed by atoms with van der Waals surface area (Å²) in [6.07, 6.45) is 0. The van der Waals surface area contributed by atoms with E-state index in [9.17, 15) is 4.91 Å². The summed E-state index contributed by atoms with van der Waals surface area (Å²) in [5.41, 5.74) is 4.56. The Balaban J connectivity index is 2.44. The molecule has 3 heteroatoms. The van der Waals surface area contributed by atoms with Crippen molar-refractivity contribution in [2.45, 2.75) is 20.8 Å². The van der Waals surface area contributed by atoms with Crippen LogP contribution in [0.15, 0.2) is 43.0 Å². The molecule has 108 valence electrons. The van der Waals surface area contributed by atoms with E-state index in [0.717, 1.165) is 27.2 Å². The minimum atomic E-state index is 0.584. The smallest absolute Gasteiger partial charge is 0.256 e. The van der Waals surface area contributed by atoms with E-state index < -0.39 is 0 Å². The van der Waals surface area contributed by atoms with Gasteiger partial charge in [0.2, 0.25) is 0 Å². The average molecular weight is 282 g/mol. The van der Waals surface area contributed by atoms with Crippen LogP contribution in [-0.4, -0.2) is 11.8 Å². The van der Waals surface area contributed by atoms with Gasteiger partial charge >= 0.3 is 0 Å². The largest absolute Gasteiger partial charge is 0.456 e. The third-order valence-electron chi connectivity index (χ3n) is 3.34. The molecule has 0 aliphatic carbocycles. The number of hydrogen-bond donors (Lipinski definition) is 0. The Bertz CT molecular complexity index is 717. The number of nitrogens with zero attached hydrogens (tertiary/aromatic N) is 1. The van der Waals surface area contributed by atoms with Crippen LogP contribution in [0.25, 0.3) is 5.57 Å². The highest BCUT2D eigenvalue weighted by Gasteiger charge is 2.14. The molecular formula is C18H20NO2+. The maximum Gasteiger partial charge on any atom is 0.256 e. The van der Waals surface area contributed by atoms with Gasteiger partial charge in [0.25, 0.3) is 5.69 Å². The molecule has 0 unspecified atom stereocenters. The summed E-state index contributed by atoms with van der Waals surface area (Å²) < 4.78 is 6.84. The summed E-state index contributed by atoms with van der Waals surface area (Å²) in [5, 5.41) is 0. The van der Waals surface area contributed by atoms with Crippen LogP contribution in [-0.2, 0) is 0 Å². The van der Waals surface area contributed by atoms with Gasteiger partial charge < -0.3 is 4.74 Å². The molecule has 2 aromatic carbocycles. The van der Waals surface area contributed by atoms with E-state index in [-0.39, 0.29) is 0 Å². The number of benzene rings is 2. The molecule has 0 bridgehead atoms. The second-order valence-electron chi connectivity index (χ2n) is 5.33. The molecule has 0 N–H and O–H groups in total. The van der Waals surface area contributed by atoms with Gasteiger partial charge in [0, 0.05) is 27.4 Å². The summed E-state index contributed by atoms with van der Waals surface area (Å²) in [4.78, 5) is 11.4. The zero-order valence-electron chi connectivity index (χ0n) is 12.9. The molecule has 0 fully saturated rings. The maximum absolute atomic E-state index is 11.4. The molecular weight excluding hydrogens is 262 g/mol. The van der Waals surface area contributed by atoms with Crippen LogP contribution in [0, 0.1) is 18.8 Å². The molecule has 3 nitrogen and oxygen atoms in total. The van der Waals surface area contributed by atoms with Gasteiger partial charge in [-0.05, 0) is 44.0 Å². The molecule has 0 aliphatic heterocycles. The number of allylic oxidation sites excluding steroid dienone is 1. The van der Waals surface area contributed by atoms with Crippen LogP contribution in [0.5, 0.6) is 11.5 Å². The lowest BCUT2D eigenvalue weighted by molar-refractivity contribution is -0.428. The Morgan fingerprint density at radius 1 is 1.10 bits per heavy atom. The second kappa shape index (κ2) is 5.92. The van der Waals surface area contributed by atoms with E-state index in [4.69, 9.17) is 4.74 Å². The van der Waals surface area contributed by atoms with Crippen molar-refractivity contribution in [1.82, 2.24) is 0 Å².